The van der Waals surface area contributed by atoms with Gasteiger partial charge in [-0.05, 0) is 100 Å². The van der Waals surface area contributed by atoms with Gasteiger partial charge in [0.05, 0.1) is 44.4 Å². The van der Waals surface area contributed by atoms with Crippen LogP contribution in [-0.4, -0.2) is 87.4 Å². The minimum atomic E-state index is -0.491. The first-order valence-corrected chi connectivity index (χ1v) is 23.7. The van der Waals surface area contributed by atoms with Gasteiger partial charge in [-0.3, -0.25) is 18.7 Å². The highest BCUT2D eigenvalue weighted by atomic mass is 79.9. The van der Waals surface area contributed by atoms with Crippen molar-refractivity contribution in [2.75, 3.05) is 78.1 Å². The fourth-order valence-electron chi connectivity index (χ4n) is 9.95. The number of pyridine rings is 4. The van der Waals surface area contributed by atoms with E-state index in [1.54, 1.807) is 0 Å². The van der Waals surface area contributed by atoms with E-state index in [1.165, 1.54) is 0 Å². The summed E-state index contributed by atoms with van der Waals surface area (Å²) < 4.78 is 4.76. The van der Waals surface area contributed by atoms with Crippen LogP contribution in [0.25, 0.3) is 11.0 Å². The van der Waals surface area contributed by atoms with Gasteiger partial charge in [-0.15, -0.1) is 0 Å². The average Bonchev–Trinajstić information content (AvgIpc) is 4.03. The monoisotopic (exact) mass is 966 g/mol. The molecule has 16 nitrogen and oxygen atoms in total. The number of halogens is 2. The predicted molar refractivity (Wildman–Crippen MR) is 253 cm³/mol. The van der Waals surface area contributed by atoms with Crippen LogP contribution in [0.1, 0.15) is 86.3 Å². The Morgan fingerprint density at radius 3 is 1.90 bits per heavy atom. The molecule has 1 unspecified atom stereocenters. The highest BCUT2D eigenvalue weighted by molar-refractivity contribution is 9.10. The molecular formula is C44H52Br2N14O2. The van der Waals surface area contributed by atoms with Crippen molar-refractivity contribution in [3.05, 3.63) is 89.2 Å². The van der Waals surface area contributed by atoms with Crippen molar-refractivity contribution in [3.63, 3.8) is 0 Å². The number of aryl methyl sites for hydroxylation is 1. The van der Waals surface area contributed by atoms with Crippen molar-refractivity contribution in [1.29, 1.82) is 0 Å². The summed E-state index contributed by atoms with van der Waals surface area (Å²) in [6.45, 7) is 9.47. The molecule has 2 saturated heterocycles. The lowest BCUT2D eigenvalue weighted by molar-refractivity contribution is 0.501. The number of aliphatic imine (C=N–C) groups is 1. The van der Waals surface area contributed by atoms with Crippen LogP contribution < -0.4 is 47.5 Å². The summed E-state index contributed by atoms with van der Waals surface area (Å²) in [7, 11) is 0. The SMILES string of the molecule is Cc1nc(Nc2ccc(N3CCNCC3)cn2)nc2c1c(CC1N=C(Nc3ccc(N4CCNCC4)cn3)Nc3c1cc(Br)c(=O)n3C1CCCC1)c(Br)c(=O)n2C1CCCC1. The van der Waals surface area contributed by atoms with E-state index in [9.17, 15) is 9.59 Å². The summed E-state index contributed by atoms with van der Waals surface area (Å²) in [5.74, 6) is 2.83. The van der Waals surface area contributed by atoms with Gasteiger partial charge in [0.25, 0.3) is 11.1 Å². The number of fused-ring (bicyclic) bond motifs is 2. The van der Waals surface area contributed by atoms with E-state index in [-0.39, 0.29) is 23.2 Å². The van der Waals surface area contributed by atoms with Crippen LogP contribution in [0.4, 0.5) is 34.8 Å². The molecule has 2 saturated carbocycles. The summed E-state index contributed by atoms with van der Waals surface area (Å²) in [5.41, 5.74) is 4.91. The minimum Gasteiger partial charge on any atom is -0.368 e. The Bertz CT molecular complexity index is 2610. The van der Waals surface area contributed by atoms with Crippen LogP contribution in [-0.2, 0) is 6.42 Å². The Hall–Kier alpha value is -4.91. The topological polar surface area (TPSA) is 175 Å². The summed E-state index contributed by atoms with van der Waals surface area (Å²) in [6, 6.07) is 9.54. The summed E-state index contributed by atoms with van der Waals surface area (Å²) in [4.78, 5) is 58.3. The summed E-state index contributed by atoms with van der Waals surface area (Å²) >= 11 is 7.47. The standard InChI is InChI=1S/C44H52Br2N14O2/c1-26-37-32(38(46)42(62)60(28-8-4-5-9-28)40(37)56-43(51-26)53-35-12-10-29(24-49-35)57-18-14-47-15-19-57)23-34-31-22-33(45)41(61)59(27-6-2-3-7-27)39(31)55-44(52-34)54-36-13-11-30(25-50-36)58-20-16-48-17-21-58/h10-13,22,24-25,27-28,34,47-48H,2-9,14-21,23H2,1H3,(H,49,51,53,56)(H2,50,52,54,55). The molecule has 5 aromatic heterocycles. The van der Waals surface area contributed by atoms with Crippen molar-refractivity contribution >= 4 is 83.6 Å². The van der Waals surface area contributed by atoms with Crippen molar-refractivity contribution in [2.45, 2.75) is 82.8 Å². The maximum absolute atomic E-state index is 14.7. The first-order valence-electron chi connectivity index (χ1n) is 22.1. The van der Waals surface area contributed by atoms with Gasteiger partial charge in [0.15, 0.2) is 0 Å². The Morgan fingerprint density at radius 1 is 0.742 bits per heavy atom. The Morgan fingerprint density at radius 2 is 1.32 bits per heavy atom. The molecule has 10 rings (SSSR count). The number of rotatable bonds is 9. The lowest BCUT2D eigenvalue weighted by atomic mass is 9.95. The summed E-state index contributed by atoms with van der Waals surface area (Å²) in [6.07, 6.45) is 12.0. The number of hydrogen-bond acceptors (Lipinski definition) is 14. The smallest absolute Gasteiger partial charge is 0.267 e. The largest absolute Gasteiger partial charge is 0.368 e. The van der Waals surface area contributed by atoms with Gasteiger partial charge in [-0.25, -0.2) is 19.9 Å². The van der Waals surface area contributed by atoms with Crippen LogP contribution in [0.5, 0.6) is 0 Å². The van der Waals surface area contributed by atoms with E-state index < -0.39 is 6.04 Å². The van der Waals surface area contributed by atoms with Crippen molar-refractivity contribution in [3.8, 4) is 0 Å². The highest BCUT2D eigenvalue weighted by Gasteiger charge is 2.33. The van der Waals surface area contributed by atoms with Crippen LogP contribution >= 0.6 is 31.9 Å². The Labute approximate surface area is 376 Å². The van der Waals surface area contributed by atoms with Gasteiger partial charge in [0.1, 0.15) is 23.1 Å². The second kappa shape index (κ2) is 17.7. The van der Waals surface area contributed by atoms with Crippen molar-refractivity contribution in [1.82, 2.24) is 39.7 Å². The van der Waals surface area contributed by atoms with Crippen molar-refractivity contribution in [2.24, 2.45) is 4.99 Å². The number of piperazine rings is 2. The van der Waals surface area contributed by atoms with E-state index in [0.717, 1.165) is 137 Å². The van der Waals surface area contributed by atoms with E-state index >= 15 is 0 Å². The second-order valence-electron chi connectivity index (χ2n) is 17.0. The minimum absolute atomic E-state index is 0.0182. The molecule has 62 heavy (non-hydrogen) atoms. The van der Waals surface area contributed by atoms with Gasteiger partial charge < -0.3 is 36.4 Å². The molecule has 0 spiro atoms. The number of nitrogens with one attached hydrogen (secondary N) is 5. The Balaban J connectivity index is 1.05. The predicted octanol–water partition coefficient (Wildman–Crippen LogP) is 6.55. The zero-order valence-electron chi connectivity index (χ0n) is 34.9. The van der Waals surface area contributed by atoms with Crippen molar-refractivity contribution < 1.29 is 0 Å². The lowest BCUT2D eigenvalue weighted by Crippen LogP contribution is -2.43. The van der Waals surface area contributed by atoms with Gasteiger partial charge in [-0.2, -0.15) is 4.98 Å². The Kier molecular flexibility index (Phi) is 11.7. The fraction of sp³-hybridized carbons (Fsp3) is 0.477. The van der Waals surface area contributed by atoms with E-state index in [0.29, 0.717) is 50.4 Å². The van der Waals surface area contributed by atoms with E-state index in [2.05, 4.69) is 80.4 Å². The molecular weight excluding hydrogens is 916 g/mol. The number of nitrogens with zero attached hydrogens (tertiary/aromatic N) is 9. The quantitative estimate of drug-likeness (QED) is 0.108. The second-order valence-corrected chi connectivity index (χ2v) is 18.6. The zero-order valence-corrected chi connectivity index (χ0v) is 38.1. The molecule has 5 aliphatic rings. The molecule has 18 heteroatoms. The zero-order chi connectivity index (χ0) is 42.3. The maximum Gasteiger partial charge on any atom is 0.267 e. The molecule has 1 atom stereocenters. The number of guanidine groups is 1. The molecule has 5 N–H and O–H groups in total. The highest BCUT2D eigenvalue weighted by Crippen LogP contribution is 2.41. The molecule has 8 heterocycles. The molecule has 0 amide bonds. The van der Waals surface area contributed by atoms with E-state index in [4.69, 9.17) is 24.9 Å². The van der Waals surface area contributed by atoms with Gasteiger partial charge in [0, 0.05) is 81.8 Å². The lowest BCUT2D eigenvalue weighted by Gasteiger charge is -2.31. The normalized spacial score (nSPS) is 19.7. The fourth-order valence-corrected chi connectivity index (χ4v) is 10.9. The van der Waals surface area contributed by atoms with Crippen LogP contribution in [0.2, 0.25) is 0 Å². The number of hydrogen-bond donors (Lipinski definition) is 5. The third kappa shape index (κ3) is 8.10. The molecule has 0 aromatic carbocycles. The molecule has 0 bridgehead atoms. The third-order valence-electron chi connectivity index (χ3n) is 13.1. The average molecular weight is 969 g/mol. The van der Waals surface area contributed by atoms with Crippen LogP contribution in [0, 0.1) is 6.92 Å². The van der Waals surface area contributed by atoms with Gasteiger partial charge in [0.2, 0.25) is 11.9 Å². The summed E-state index contributed by atoms with van der Waals surface area (Å²) in [5, 5.41) is 17.9. The maximum atomic E-state index is 14.7. The molecule has 2 aliphatic carbocycles. The van der Waals surface area contributed by atoms with E-state index in [1.807, 2.05) is 46.7 Å². The molecule has 0 radical (unpaired) electrons. The van der Waals surface area contributed by atoms with Gasteiger partial charge >= 0.3 is 0 Å². The number of anilines is 6. The molecule has 5 aromatic rings. The first kappa shape index (κ1) is 41.1. The molecule has 3 aliphatic heterocycles. The molecule has 324 valence electrons. The van der Waals surface area contributed by atoms with Gasteiger partial charge in [-0.1, -0.05) is 25.7 Å². The molecule has 4 fully saturated rings. The number of aromatic nitrogens is 6. The first-order chi connectivity index (χ1) is 30.3. The van der Waals surface area contributed by atoms with Crippen LogP contribution in [0.3, 0.4) is 0 Å². The third-order valence-corrected chi connectivity index (χ3v) is 14.5. The van der Waals surface area contributed by atoms with Crippen LogP contribution in [0.15, 0.2) is 66.3 Å².